The van der Waals surface area contributed by atoms with Crippen molar-refractivity contribution in [3.63, 3.8) is 0 Å². The highest BCUT2D eigenvalue weighted by atomic mass is 16.2. The van der Waals surface area contributed by atoms with Gasteiger partial charge >= 0.3 is 0 Å². The standard InChI is InChI=1S/C16H30N2O/c1-13(2)11-18(12-14-7-6-10-17-14)15(19)16(3)8-4-5-9-16/h13-14,17H,4-12H2,1-3H3. The zero-order chi connectivity index (χ0) is 13.9. The first-order chi connectivity index (χ1) is 9.01. The van der Waals surface area contributed by atoms with Crippen molar-refractivity contribution in [3.05, 3.63) is 0 Å². The van der Waals surface area contributed by atoms with Gasteiger partial charge in [0.2, 0.25) is 5.91 Å². The SMILES string of the molecule is CC(C)CN(CC1CCCN1)C(=O)C1(C)CCCC1. The number of amides is 1. The summed E-state index contributed by atoms with van der Waals surface area (Å²) in [5.41, 5.74) is -0.0759. The third-order valence-corrected chi connectivity index (χ3v) is 4.70. The fourth-order valence-corrected chi connectivity index (χ4v) is 3.61. The van der Waals surface area contributed by atoms with Crippen LogP contribution in [0.2, 0.25) is 0 Å². The Balaban J connectivity index is 2.00. The van der Waals surface area contributed by atoms with E-state index in [0.29, 0.717) is 17.9 Å². The summed E-state index contributed by atoms with van der Waals surface area (Å²) in [5.74, 6) is 0.961. The molecule has 1 aliphatic carbocycles. The largest absolute Gasteiger partial charge is 0.340 e. The maximum absolute atomic E-state index is 12.9. The number of nitrogens with one attached hydrogen (secondary N) is 1. The van der Waals surface area contributed by atoms with Gasteiger partial charge in [-0.1, -0.05) is 33.6 Å². The Labute approximate surface area is 118 Å². The van der Waals surface area contributed by atoms with E-state index in [-0.39, 0.29) is 5.41 Å². The van der Waals surface area contributed by atoms with Crippen molar-refractivity contribution in [2.45, 2.75) is 65.3 Å². The average Bonchev–Trinajstić information content (AvgIpc) is 2.99. The van der Waals surface area contributed by atoms with Crippen LogP contribution in [0, 0.1) is 11.3 Å². The molecule has 0 aromatic carbocycles. The van der Waals surface area contributed by atoms with Crippen LogP contribution in [0.5, 0.6) is 0 Å². The van der Waals surface area contributed by atoms with E-state index in [1.54, 1.807) is 0 Å². The quantitative estimate of drug-likeness (QED) is 0.830. The summed E-state index contributed by atoms with van der Waals surface area (Å²) in [6.07, 6.45) is 7.08. The molecule has 1 saturated heterocycles. The molecule has 1 unspecified atom stereocenters. The van der Waals surface area contributed by atoms with E-state index < -0.39 is 0 Å². The van der Waals surface area contributed by atoms with Crippen LogP contribution < -0.4 is 5.32 Å². The number of hydrogen-bond acceptors (Lipinski definition) is 2. The first kappa shape index (κ1) is 14.8. The summed E-state index contributed by atoms with van der Waals surface area (Å²) in [5, 5.41) is 3.52. The van der Waals surface area contributed by atoms with E-state index in [1.807, 2.05) is 0 Å². The highest BCUT2D eigenvalue weighted by Crippen LogP contribution is 2.39. The summed E-state index contributed by atoms with van der Waals surface area (Å²) < 4.78 is 0. The molecule has 0 radical (unpaired) electrons. The number of nitrogens with zero attached hydrogens (tertiary/aromatic N) is 1. The zero-order valence-corrected chi connectivity index (χ0v) is 12.9. The van der Waals surface area contributed by atoms with Crippen LogP contribution in [0.15, 0.2) is 0 Å². The lowest BCUT2D eigenvalue weighted by Crippen LogP contribution is -2.48. The molecular formula is C16H30N2O. The fraction of sp³-hybridized carbons (Fsp3) is 0.938. The van der Waals surface area contributed by atoms with Gasteiger partial charge in [0.25, 0.3) is 0 Å². The zero-order valence-electron chi connectivity index (χ0n) is 12.9. The molecular weight excluding hydrogens is 236 g/mol. The Hall–Kier alpha value is -0.570. The van der Waals surface area contributed by atoms with Crippen LogP contribution in [0.4, 0.5) is 0 Å². The minimum absolute atomic E-state index is 0.0759. The lowest BCUT2D eigenvalue weighted by Gasteiger charge is -2.34. The van der Waals surface area contributed by atoms with Gasteiger partial charge in [0.15, 0.2) is 0 Å². The Morgan fingerprint density at radius 2 is 2.00 bits per heavy atom. The minimum Gasteiger partial charge on any atom is -0.340 e. The lowest BCUT2D eigenvalue weighted by molar-refractivity contribution is -0.141. The molecule has 2 aliphatic rings. The summed E-state index contributed by atoms with van der Waals surface area (Å²) in [7, 11) is 0. The molecule has 0 aromatic heterocycles. The Morgan fingerprint density at radius 3 is 2.53 bits per heavy atom. The van der Waals surface area contributed by atoms with Crippen LogP contribution in [0.3, 0.4) is 0 Å². The summed E-state index contributed by atoms with van der Waals surface area (Å²) in [4.78, 5) is 15.0. The molecule has 1 atom stereocenters. The molecule has 3 nitrogen and oxygen atoms in total. The van der Waals surface area contributed by atoms with Gasteiger partial charge in [-0.2, -0.15) is 0 Å². The van der Waals surface area contributed by atoms with E-state index in [2.05, 4.69) is 31.0 Å². The average molecular weight is 266 g/mol. The van der Waals surface area contributed by atoms with Gasteiger partial charge in [-0.05, 0) is 38.1 Å². The van der Waals surface area contributed by atoms with Gasteiger partial charge in [-0.15, -0.1) is 0 Å². The van der Waals surface area contributed by atoms with Gasteiger partial charge < -0.3 is 10.2 Å². The van der Waals surface area contributed by atoms with Crippen LogP contribution >= 0.6 is 0 Å². The topological polar surface area (TPSA) is 32.3 Å². The molecule has 0 bridgehead atoms. The molecule has 3 heteroatoms. The van der Waals surface area contributed by atoms with E-state index in [4.69, 9.17) is 0 Å². The van der Waals surface area contributed by atoms with Gasteiger partial charge in [-0.25, -0.2) is 0 Å². The molecule has 19 heavy (non-hydrogen) atoms. The van der Waals surface area contributed by atoms with Gasteiger partial charge in [0, 0.05) is 24.5 Å². The second-order valence-electron chi connectivity index (χ2n) is 7.17. The van der Waals surface area contributed by atoms with Crippen molar-refractivity contribution in [2.24, 2.45) is 11.3 Å². The molecule has 0 spiro atoms. The molecule has 0 aromatic rings. The van der Waals surface area contributed by atoms with Crippen molar-refractivity contribution in [3.8, 4) is 0 Å². The molecule has 1 saturated carbocycles. The molecule has 1 aliphatic heterocycles. The second kappa shape index (κ2) is 6.25. The Kier molecular flexibility index (Phi) is 4.88. The summed E-state index contributed by atoms with van der Waals surface area (Å²) in [6, 6.07) is 0.521. The van der Waals surface area contributed by atoms with Crippen LogP contribution in [-0.2, 0) is 4.79 Å². The third kappa shape index (κ3) is 3.71. The maximum Gasteiger partial charge on any atom is 0.228 e. The number of carbonyl (C=O) groups excluding carboxylic acids is 1. The fourth-order valence-electron chi connectivity index (χ4n) is 3.61. The molecule has 2 rings (SSSR count). The third-order valence-electron chi connectivity index (χ3n) is 4.70. The molecule has 1 N–H and O–H groups in total. The Morgan fingerprint density at radius 1 is 1.32 bits per heavy atom. The highest BCUT2D eigenvalue weighted by Gasteiger charge is 2.39. The number of hydrogen-bond donors (Lipinski definition) is 1. The molecule has 110 valence electrons. The van der Waals surface area contributed by atoms with Crippen LogP contribution in [0.25, 0.3) is 0 Å². The lowest BCUT2D eigenvalue weighted by atomic mass is 9.86. The van der Waals surface area contributed by atoms with Crippen LogP contribution in [-0.4, -0.2) is 36.5 Å². The smallest absolute Gasteiger partial charge is 0.228 e. The predicted octanol–water partition coefficient (Wildman–Crippen LogP) is 2.80. The van der Waals surface area contributed by atoms with Crippen molar-refractivity contribution >= 4 is 5.91 Å². The van der Waals surface area contributed by atoms with Gasteiger partial charge in [0.1, 0.15) is 0 Å². The summed E-state index contributed by atoms with van der Waals surface area (Å²) in [6.45, 7) is 9.53. The molecule has 2 fully saturated rings. The van der Waals surface area contributed by atoms with E-state index in [9.17, 15) is 4.79 Å². The van der Waals surface area contributed by atoms with E-state index >= 15 is 0 Å². The van der Waals surface area contributed by atoms with Crippen molar-refractivity contribution in [2.75, 3.05) is 19.6 Å². The number of rotatable bonds is 5. The van der Waals surface area contributed by atoms with E-state index in [0.717, 1.165) is 32.5 Å². The van der Waals surface area contributed by atoms with Crippen LogP contribution in [0.1, 0.15) is 59.3 Å². The van der Waals surface area contributed by atoms with Gasteiger partial charge in [-0.3, -0.25) is 4.79 Å². The second-order valence-corrected chi connectivity index (χ2v) is 7.17. The predicted molar refractivity (Wildman–Crippen MR) is 79.0 cm³/mol. The van der Waals surface area contributed by atoms with Crippen molar-refractivity contribution < 1.29 is 4.79 Å². The maximum atomic E-state index is 12.9. The summed E-state index contributed by atoms with van der Waals surface area (Å²) >= 11 is 0. The van der Waals surface area contributed by atoms with Gasteiger partial charge in [0.05, 0.1) is 0 Å². The minimum atomic E-state index is -0.0759. The van der Waals surface area contributed by atoms with Crippen molar-refractivity contribution in [1.29, 1.82) is 0 Å². The highest BCUT2D eigenvalue weighted by molar-refractivity contribution is 5.82. The molecule has 1 amide bonds. The normalized spacial score (nSPS) is 26.0. The van der Waals surface area contributed by atoms with Crippen molar-refractivity contribution in [1.82, 2.24) is 10.2 Å². The Bertz CT molecular complexity index is 302. The first-order valence-electron chi connectivity index (χ1n) is 8.04. The van der Waals surface area contributed by atoms with E-state index in [1.165, 1.54) is 25.7 Å². The molecule has 1 heterocycles. The number of carbonyl (C=O) groups is 1. The monoisotopic (exact) mass is 266 g/mol. The first-order valence-corrected chi connectivity index (χ1v) is 8.04.